The fourth-order valence-corrected chi connectivity index (χ4v) is 3.00. The van der Waals surface area contributed by atoms with E-state index in [9.17, 15) is 0 Å². The molecule has 1 N–H and O–H groups in total. The van der Waals surface area contributed by atoms with Crippen LogP contribution in [0.3, 0.4) is 0 Å². The van der Waals surface area contributed by atoms with Crippen LogP contribution in [0.25, 0.3) is 0 Å². The van der Waals surface area contributed by atoms with Gasteiger partial charge in [-0.3, -0.25) is 0 Å². The van der Waals surface area contributed by atoms with E-state index in [-0.39, 0.29) is 0 Å². The van der Waals surface area contributed by atoms with Crippen molar-refractivity contribution < 1.29 is 0 Å². The zero-order valence-electron chi connectivity index (χ0n) is 13.7. The summed E-state index contributed by atoms with van der Waals surface area (Å²) < 4.78 is 0. The van der Waals surface area contributed by atoms with Crippen molar-refractivity contribution in [1.29, 1.82) is 0 Å². The lowest BCUT2D eigenvalue weighted by Crippen LogP contribution is -2.56. The van der Waals surface area contributed by atoms with E-state index in [1.54, 1.807) is 0 Å². The maximum absolute atomic E-state index is 3.73. The molecule has 0 radical (unpaired) electrons. The molecule has 1 aromatic rings. The minimum atomic E-state index is 0.395. The molecule has 1 aliphatic carbocycles. The summed E-state index contributed by atoms with van der Waals surface area (Å²) in [4.78, 5) is 2.40. The summed E-state index contributed by atoms with van der Waals surface area (Å²) in [5.74, 6) is 0.610. The van der Waals surface area contributed by atoms with Gasteiger partial charge in [0, 0.05) is 18.1 Å². The fourth-order valence-electron chi connectivity index (χ4n) is 3.00. The number of hydrogen-bond acceptors (Lipinski definition) is 2. The Morgan fingerprint density at radius 1 is 1.05 bits per heavy atom. The van der Waals surface area contributed by atoms with E-state index in [4.69, 9.17) is 0 Å². The van der Waals surface area contributed by atoms with Crippen LogP contribution in [0.5, 0.6) is 0 Å². The summed E-state index contributed by atoms with van der Waals surface area (Å²) in [5.41, 5.74) is 3.21. The van der Waals surface area contributed by atoms with Crippen molar-refractivity contribution in [2.75, 3.05) is 20.6 Å². The monoisotopic (exact) mass is 274 g/mol. The number of rotatable bonds is 6. The fraction of sp³-hybridized carbons (Fsp3) is 0.667. The van der Waals surface area contributed by atoms with Gasteiger partial charge >= 0.3 is 0 Å². The van der Waals surface area contributed by atoms with E-state index in [0.29, 0.717) is 17.5 Å². The Labute approximate surface area is 124 Å². The van der Waals surface area contributed by atoms with E-state index in [0.717, 1.165) is 6.54 Å². The second-order valence-corrected chi connectivity index (χ2v) is 6.90. The van der Waals surface area contributed by atoms with Crippen LogP contribution in [-0.2, 0) is 0 Å². The highest BCUT2D eigenvalue weighted by atomic mass is 15.2. The third-order valence-corrected chi connectivity index (χ3v) is 5.07. The zero-order chi connectivity index (χ0) is 14.8. The van der Waals surface area contributed by atoms with Gasteiger partial charge in [0.25, 0.3) is 0 Å². The van der Waals surface area contributed by atoms with Crippen LogP contribution in [0, 0.1) is 0 Å². The van der Waals surface area contributed by atoms with Gasteiger partial charge in [0.2, 0.25) is 0 Å². The molecule has 20 heavy (non-hydrogen) atoms. The van der Waals surface area contributed by atoms with Gasteiger partial charge in [-0.05, 0) is 57.3 Å². The third kappa shape index (κ3) is 3.24. The molecule has 1 saturated carbocycles. The summed E-state index contributed by atoms with van der Waals surface area (Å²) >= 11 is 0. The highest BCUT2D eigenvalue weighted by Gasteiger charge is 2.38. The highest BCUT2D eigenvalue weighted by Crippen LogP contribution is 2.36. The van der Waals surface area contributed by atoms with Crippen LogP contribution in [0.4, 0.5) is 0 Å². The molecule has 2 nitrogen and oxygen atoms in total. The lowest BCUT2D eigenvalue weighted by Gasteiger charge is -2.48. The van der Waals surface area contributed by atoms with E-state index < -0.39 is 0 Å². The first kappa shape index (κ1) is 15.5. The average molecular weight is 274 g/mol. The maximum atomic E-state index is 3.73. The lowest BCUT2D eigenvalue weighted by molar-refractivity contribution is 0.0576. The summed E-state index contributed by atoms with van der Waals surface area (Å²) in [5, 5.41) is 3.73. The molecular weight excluding hydrogens is 244 g/mol. The predicted octanol–water partition coefficient (Wildman–Crippen LogP) is 3.94. The second-order valence-electron chi connectivity index (χ2n) is 6.90. The molecular formula is C18H30N2. The Bertz CT molecular complexity index is 416. The van der Waals surface area contributed by atoms with Crippen molar-refractivity contribution in [2.45, 2.75) is 57.5 Å². The Morgan fingerprint density at radius 2 is 1.60 bits per heavy atom. The van der Waals surface area contributed by atoms with Gasteiger partial charge in [-0.2, -0.15) is 0 Å². The molecule has 112 valence electrons. The quantitative estimate of drug-likeness (QED) is 0.845. The van der Waals surface area contributed by atoms with Crippen molar-refractivity contribution in [2.24, 2.45) is 0 Å². The standard InChI is InChI=1S/C18H30N2/c1-14(2)16-7-9-17(10-8-16)15(3)19-13-18(20(4)5)11-6-12-18/h7-10,14-15,19H,6,11-13H2,1-5H3. The van der Waals surface area contributed by atoms with Gasteiger partial charge in [0.05, 0.1) is 0 Å². The summed E-state index contributed by atoms with van der Waals surface area (Å²) in [7, 11) is 4.42. The molecule has 1 atom stereocenters. The normalized spacial score (nSPS) is 19.1. The Morgan fingerprint density at radius 3 is 2.00 bits per heavy atom. The molecule has 0 aliphatic heterocycles. The van der Waals surface area contributed by atoms with Crippen molar-refractivity contribution in [3.05, 3.63) is 35.4 Å². The molecule has 2 heteroatoms. The molecule has 1 fully saturated rings. The van der Waals surface area contributed by atoms with Crippen molar-refractivity contribution in [1.82, 2.24) is 10.2 Å². The average Bonchev–Trinajstić information content (AvgIpc) is 2.36. The molecule has 0 saturated heterocycles. The van der Waals surface area contributed by atoms with E-state index in [1.165, 1.54) is 30.4 Å². The topological polar surface area (TPSA) is 15.3 Å². The number of benzene rings is 1. The van der Waals surface area contributed by atoms with Gasteiger partial charge < -0.3 is 10.2 Å². The molecule has 1 unspecified atom stereocenters. The molecule has 0 heterocycles. The van der Waals surface area contributed by atoms with Crippen molar-refractivity contribution >= 4 is 0 Å². The van der Waals surface area contributed by atoms with Crippen LogP contribution < -0.4 is 5.32 Å². The Balaban J connectivity index is 1.93. The Hall–Kier alpha value is -0.860. The van der Waals surface area contributed by atoms with Crippen LogP contribution in [0.15, 0.2) is 24.3 Å². The van der Waals surface area contributed by atoms with Gasteiger partial charge in [-0.1, -0.05) is 38.1 Å². The largest absolute Gasteiger partial charge is 0.308 e. The smallest absolute Gasteiger partial charge is 0.0328 e. The van der Waals surface area contributed by atoms with Crippen molar-refractivity contribution in [3.8, 4) is 0 Å². The molecule has 0 bridgehead atoms. The van der Waals surface area contributed by atoms with E-state index >= 15 is 0 Å². The van der Waals surface area contributed by atoms with Crippen LogP contribution in [0.2, 0.25) is 0 Å². The summed E-state index contributed by atoms with van der Waals surface area (Å²) in [6.45, 7) is 7.85. The van der Waals surface area contributed by atoms with Crippen LogP contribution in [-0.4, -0.2) is 31.1 Å². The molecule has 0 aromatic heterocycles. The molecule has 0 spiro atoms. The SMILES string of the molecule is CC(C)c1ccc(C(C)NCC2(N(C)C)CCC2)cc1. The second kappa shape index (κ2) is 6.28. The number of hydrogen-bond donors (Lipinski definition) is 1. The minimum Gasteiger partial charge on any atom is -0.308 e. The van der Waals surface area contributed by atoms with Crippen molar-refractivity contribution in [3.63, 3.8) is 0 Å². The number of likely N-dealkylation sites (N-methyl/N-ethyl adjacent to an activating group) is 1. The highest BCUT2D eigenvalue weighted by molar-refractivity contribution is 5.26. The first-order valence-corrected chi connectivity index (χ1v) is 7.95. The van der Waals surface area contributed by atoms with E-state index in [2.05, 4.69) is 69.3 Å². The first-order chi connectivity index (χ1) is 9.44. The number of nitrogens with zero attached hydrogens (tertiary/aromatic N) is 1. The summed E-state index contributed by atoms with van der Waals surface area (Å²) in [6.07, 6.45) is 4.02. The van der Waals surface area contributed by atoms with Gasteiger partial charge in [-0.15, -0.1) is 0 Å². The van der Waals surface area contributed by atoms with Gasteiger partial charge in [-0.25, -0.2) is 0 Å². The van der Waals surface area contributed by atoms with Gasteiger partial charge in [0.15, 0.2) is 0 Å². The Kier molecular flexibility index (Phi) is 4.87. The van der Waals surface area contributed by atoms with Crippen LogP contribution in [0.1, 0.15) is 63.1 Å². The minimum absolute atomic E-state index is 0.395. The summed E-state index contributed by atoms with van der Waals surface area (Å²) in [6, 6.07) is 9.51. The molecule has 1 aliphatic rings. The molecule has 0 amide bonds. The number of nitrogens with one attached hydrogen (secondary N) is 1. The van der Waals surface area contributed by atoms with Gasteiger partial charge in [0.1, 0.15) is 0 Å². The van der Waals surface area contributed by atoms with E-state index in [1.807, 2.05) is 0 Å². The predicted molar refractivity (Wildman–Crippen MR) is 87.2 cm³/mol. The third-order valence-electron chi connectivity index (χ3n) is 5.07. The van der Waals surface area contributed by atoms with Crippen LogP contribution >= 0.6 is 0 Å². The maximum Gasteiger partial charge on any atom is 0.0328 e. The molecule has 1 aromatic carbocycles. The first-order valence-electron chi connectivity index (χ1n) is 7.95. The zero-order valence-corrected chi connectivity index (χ0v) is 13.7. The lowest BCUT2D eigenvalue weighted by atomic mass is 9.75. The molecule has 2 rings (SSSR count).